The zero-order valence-corrected chi connectivity index (χ0v) is 9.30. The van der Waals surface area contributed by atoms with E-state index in [-0.39, 0.29) is 5.91 Å². The minimum absolute atomic E-state index is 0.0596. The maximum atomic E-state index is 11.7. The van der Waals surface area contributed by atoms with Gasteiger partial charge in [0, 0.05) is 13.0 Å². The van der Waals surface area contributed by atoms with Crippen LogP contribution in [-0.2, 0) is 4.79 Å². The van der Waals surface area contributed by atoms with Gasteiger partial charge in [0.2, 0.25) is 5.91 Å². The van der Waals surface area contributed by atoms with Crippen LogP contribution < -0.4 is 10.2 Å². The van der Waals surface area contributed by atoms with Crippen LogP contribution in [0.1, 0.15) is 12.0 Å². The summed E-state index contributed by atoms with van der Waals surface area (Å²) in [6.07, 6.45) is 0.494. The van der Waals surface area contributed by atoms with E-state index in [1.54, 1.807) is 4.90 Å². The van der Waals surface area contributed by atoms with Gasteiger partial charge in [-0.15, -0.1) is 0 Å². The molecule has 2 rings (SSSR count). The van der Waals surface area contributed by atoms with Crippen molar-refractivity contribution in [1.29, 1.82) is 0 Å². The first-order chi connectivity index (χ1) is 7.18. The lowest BCUT2D eigenvalue weighted by atomic mass is 10.2. The summed E-state index contributed by atoms with van der Waals surface area (Å²) >= 11 is 5.12. The number of amides is 1. The summed E-state index contributed by atoms with van der Waals surface area (Å²) in [5.41, 5.74) is 1.96. The number of anilines is 1. The molecule has 0 spiro atoms. The van der Waals surface area contributed by atoms with Gasteiger partial charge in [0.25, 0.3) is 0 Å². The molecule has 1 aromatic rings. The molecule has 0 atom stereocenters. The maximum absolute atomic E-state index is 11.7. The summed E-state index contributed by atoms with van der Waals surface area (Å²) in [5.74, 6) is 0.0596. The summed E-state index contributed by atoms with van der Waals surface area (Å²) in [6.45, 7) is 2.63. The van der Waals surface area contributed by atoms with Crippen LogP contribution in [-0.4, -0.2) is 17.6 Å². The number of hydrogen-bond donors (Lipinski definition) is 1. The molecule has 1 amide bonds. The normalized spacial score (nSPS) is 16.5. The molecule has 1 aromatic carbocycles. The number of hydrogen-bond acceptors (Lipinski definition) is 2. The van der Waals surface area contributed by atoms with Crippen LogP contribution in [0.5, 0.6) is 0 Å². The van der Waals surface area contributed by atoms with Gasteiger partial charge in [-0.2, -0.15) is 0 Å². The highest BCUT2D eigenvalue weighted by molar-refractivity contribution is 7.80. The van der Waals surface area contributed by atoms with Gasteiger partial charge in [-0.3, -0.25) is 9.69 Å². The van der Waals surface area contributed by atoms with E-state index in [2.05, 4.69) is 5.32 Å². The van der Waals surface area contributed by atoms with E-state index in [1.807, 2.05) is 31.2 Å². The molecule has 78 valence electrons. The Morgan fingerprint density at radius 3 is 2.93 bits per heavy atom. The zero-order valence-electron chi connectivity index (χ0n) is 8.49. The molecule has 1 N–H and O–H groups in total. The molecule has 0 radical (unpaired) electrons. The SMILES string of the molecule is Cc1cccc(N2C(=O)CCNC2=S)c1. The first kappa shape index (κ1) is 10.1. The molecule has 1 heterocycles. The van der Waals surface area contributed by atoms with E-state index in [4.69, 9.17) is 12.2 Å². The van der Waals surface area contributed by atoms with Crippen LogP contribution in [0.15, 0.2) is 24.3 Å². The van der Waals surface area contributed by atoms with Gasteiger partial charge < -0.3 is 5.32 Å². The number of benzene rings is 1. The van der Waals surface area contributed by atoms with Gasteiger partial charge in [-0.05, 0) is 36.8 Å². The van der Waals surface area contributed by atoms with Crippen molar-refractivity contribution in [2.45, 2.75) is 13.3 Å². The van der Waals surface area contributed by atoms with Crippen LogP contribution in [0.2, 0.25) is 0 Å². The van der Waals surface area contributed by atoms with Crippen LogP contribution in [0.25, 0.3) is 0 Å². The Kier molecular flexibility index (Phi) is 2.68. The Hall–Kier alpha value is -1.42. The predicted molar refractivity (Wildman–Crippen MR) is 63.9 cm³/mol. The first-order valence-corrected chi connectivity index (χ1v) is 5.27. The third-order valence-electron chi connectivity index (χ3n) is 2.33. The summed E-state index contributed by atoms with van der Waals surface area (Å²) in [7, 11) is 0. The fraction of sp³-hybridized carbons (Fsp3) is 0.273. The Morgan fingerprint density at radius 2 is 2.27 bits per heavy atom. The van der Waals surface area contributed by atoms with Gasteiger partial charge in [-0.1, -0.05) is 12.1 Å². The van der Waals surface area contributed by atoms with E-state index in [0.29, 0.717) is 18.1 Å². The van der Waals surface area contributed by atoms with Crippen molar-refractivity contribution in [3.63, 3.8) is 0 Å². The second-order valence-corrected chi connectivity index (χ2v) is 3.94. The molecule has 0 unspecified atom stereocenters. The number of nitrogens with zero attached hydrogens (tertiary/aromatic N) is 1. The Bertz CT molecular complexity index is 401. The molecule has 1 aliphatic rings. The molecule has 1 fully saturated rings. The molecule has 15 heavy (non-hydrogen) atoms. The lowest BCUT2D eigenvalue weighted by molar-refractivity contribution is -0.117. The minimum atomic E-state index is 0.0596. The fourth-order valence-corrected chi connectivity index (χ4v) is 1.92. The lowest BCUT2D eigenvalue weighted by Crippen LogP contribution is -2.49. The summed E-state index contributed by atoms with van der Waals surface area (Å²) in [5, 5.41) is 3.51. The molecular formula is C11H12N2OS. The summed E-state index contributed by atoms with van der Waals surface area (Å²) in [6, 6.07) is 7.77. The molecule has 3 nitrogen and oxygen atoms in total. The monoisotopic (exact) mass is 220 g/mol. The van der Waals surface area contributed by atoms with Gasteiger partial charge in [0.15, 0.2) is 5.11 Å². The number of nitrogens with one attached hydrogen (secondary N) is 1. The zero-order chi connectivity index (χ0) is 10.8. The van der Waals surface area contributed by atoms with Gasteiger partial charge in [-0.25, -0.2) is 0 Å². The summed E-state index contributed by atoms with van der Waals surface area (Å²) in [4.78, 5) is 13.3. The van der Waals surface area contributed by atoms with Crippen molar-refractivity contribution in [1.82, 2.24) is 5.32 Å². The average molecular weight is 220 g/mol. The molecule has 0 aliphatic carbocycles. The number of aryl methyl sites for hydroxylation is 1. The van der Waals surface area contributed by atoms with E-state index < -0.39 is 0 Å². The van der Waals surface area contributed by atoms with Gasteiger partial charge in [0.05, 0.1) is 5.69 Å². The second kappa shape index (κ2) is 3.98. The molecule has 1 saturated heterocycles. The van der Waals surface area contributed by atoms with Crippen molar-refractivity contribution in [2.75, 3.05) is 11.4 Å². The third kappa shape index (κ3) is 1.99. The van der Waals surface area contributed by atoms with Crippen LogP contribution in [0.3, 0.4) is 0 Å². The summed E-state index contributed by atoms with van der Waals surface area (Å²) < 4.78 is 0. The Balaban J connectivity index is 2.35. The molecule has 4 heteroatoms. The second-order valence-electron chi connectivity index (χ2n) is 3.55. The highest BCUT2D eigenvalue weighted by Gasteiger charge is 2.23. The van der Waals surface area contributed by atoms with Crippen LogP contribution in [0.4, 0.5) is 5.69 Å². The van der Waals surface area contributed by atoms with E-state index in [1.165, 1.54) is 0 Å². The van der Waals surface area contributed by atoms with E-state index >= 15 is 0 Å². The Morgan fingerprint density at radius 1 is 1.47 bits per heavy atom. The van der Waals surface area contributed by atoms with Crippen LogP contribution >= 0.6 is 12.2 Å². The number of carbonyl (C=O) groups excluding carboxylic acids is 1. The quantitative estimate of drug-likeness (QED) is 0.730. The van der Waals surface area contributed by atoms with Crippen molar-refractivity contribution in [3.8, 4) is 0 Å². The fourth-order valence-electron chi connectivity index (χ4n) is 1.61. The Labute approximate surface area is 94.1 Å². The van der Waals surface area contributed by atoms with Crippen molar-refractivity contribution in [2.24, 2.45) is 0 Å². The van der Waals surface area contributed by atoms with Crippen molar-refractivity contribution >= 4 is 28.9 Å². The van der Waals surface area contributed by atoms with Gasteiger partial charge >= 0.3 is 0 Å². The van der Waals surface area contributed by atoms with Gasteiger partial charge in [0.1, 0.15) is 0 Å². The van der Waals surface area contributed by atoms with Crippen LogP contribution in [0, 0.1) is 6.92 Å². The molecule has 0 bridgehead atoms. The lowest BCUT2D eigenvalue weighted by Gasteiger charge is -2.28. The molecular weight excluding hydrogens is 208 g/mol. The smallest absolute Gasteiger partial charge is 0.235 e. The highest BCUT2D eigenvalue weighted by Crippen LogP contribution is 2.18. The van der Waals surface area contributed by atoms with E-state index in [9.17, 15) is 4.79 Å². The predicted octanol–water partition coefficient (Wildman–Crippen LogP) is 1.61. The standard InChI is InChI=1S/C11H12N2OS/c1-8-3-2-4-9(7-8)13-10(14)5-6-12-11(13)15/h2-4,7H,5-6H2,1H3,(H,12,15). The molecule has 1 aliphatic heterocycles. The number of carbonyl (C=O) groups is 1. The number of thiocarbonyl (C=S) groups is 1. The van der Waals surface area contributed by atoms with Crippen molar-refractivity contribution in [3.05, 3.63) is 29.8 Å². The number of rotatable bonds is 1. The minimum Gasteiger partial charge on any atom is -0.361 e. The molecule has 0 aromatic heterocycles. The third-order valence-corrected chi connectivity index (χ3v) is 2.65. The van der Waals surface area contributed by atoms with Crippen molar-refractivity contribution < 1.29 is 4.79 Å². The highest BCUT2D eigenvalue weighted by atomic mass is 32.1. The van der Waals surface area contributed by atoms with E-state index in [0.717, 1.165) is 11.3 Å². The largest absolute Gasteiger partial charge is 0.361 e. The maximum Gasteiger partial charge on any atom is 0.235 e. The first-order valence-electron chi connectivity index (χ1n) is 4.86. The average Bonchev–Trinajstić information content (AvgIpc) is 2.17. The topological polar surface area (TPSA) is 32.3 Å². The molecule has 0 saturated carbocycles.